The molecule has 1 atom stereocenters. The van der Waals surface area contributed by atoms with E-state index >= 15 is 0 Å². The molecule has 1 N–H and O–H groups in total. The van der Waals surface area contributed by atoms with Crippen molar-refractivity contribution >= 4 is 58.3 Å². The van der Waals surface area contributed by atoms with Gasteiger partial charge in [0, 0.05) is 22.0 Å². The van der Waals surface area contributed by atoms with Crippen LogP contribution in [0.25, 0.3) is 32.6 Å². The van der Waals surface area contributed by atoms with Crippen LogP contribution < -0.4 is 10.9 Å². The number of allylic oxidation sites excluding steroid dienone is 2. The molecule has 1 aromatic heterocycles. The van der Waals surface area contributed by atoms with Crippen LogP contribution in [0, 0.1) is 5.82 Å². The minimum absolute atomic E-state index is 0.0198. The molecule has 0 aliphatic heterocycles. The van der Waals surface area contributed by atoms with E-state index < -0.39 is 10.8 Å². The van der Waals surface area contributed by atoms with Crippen LogP contribution in [0.4, 0.5) is 4.39 Å². The first kappa shape index (κ1) is 28.0. The van der Waals surface area contributed by atoms with Gasteiger partial charge in [-0.05, 0) is 29.8 Å². The van der Waals surface area contributed by atoms with Crippen molar-refractivity contribution in [1.29, 1.82) is 0 Å². The molecule has 1 amide bonds. The maximum atomic E-state index is 14.3. The fourth-order valence-corrected chi connectivity index (χ4v) is 7.83. The van der Waals surface area contributed by atoms with Gasteiger partial charge in [-0.1, -0.05) is 18.2 Å². The normalized spacial score (nSPS) is 14.4. The van der Waals surface area contributed by atoms with Gasteiger partial charge >= 0.3 is 168 Å². The van der Waals surface area contributed by atoms with Crippen molar-refractivity contribution < 1.29 is 13.4 Å². The number of fused-ring (bicyclic) bond motifs is 2. The van der Waals surface area contributed by atoms with E-state index in [1.807, 2.05) is 89.4 Å². The van der Waals surface area contributed by atoms with Gasteiger partial charge in [-0.25, -0.2) is 4.39 Å². The van der Waals surface area contributed by atoms with Crippen LogP contribution in [0.15, 0.2) is 106 Å². The molecule has 0 fully saturated rings. The Kier molecular flexibility index (Phi) is 7.78. The monoisotopic (exact) mass is 642 g/mol. The van der Waals surface area contributed by atoms with Gasteiger partial charge in [0.2, 0.25) is 0 Å². The average Bonchev–Trinajstić information content (AvgIpc) is 3.46. The predicted molar refractivity (Wildman–Crippen MR) is 169 cm³/mol. The van der Waals surface area contributed by atoms with Gasteiger partial charge < -0.3 is 0 Å². The smallest absolute Gasteiger partial charge is 0.255 e. The number of halogens is 1. The second-order valence-corrected chi connectivity index (χ2v) is 13.6. The molecule has 0 spiro atoms. The summed E-state index contributed by atoms with van der Waals surface area (Å²) >= 11 is -0.0986. The number of amides is 1. The van der Waals surface area contributed by atoms with Crippen molar-refractivity contribution in [2.24, 2.45) is 0 Å². The summed E-state index contributed by atoms with van der Waals surface area (Å²) in [6, 6.07) is 27.6. The van der Waals surface area contributed by atoms with Gasteiger partial charge in [-0.3, -0.25) is 4.21 Å². The van der Waals surface area contributed by atoms with Gasteiger partial charge in [0.15, 0.2) is 0 Å². The summed E-state index contributed by atoms with van der Waals surface area (Å²) < 4.78 is 28.9. The minimum Gasteiger partial charge on any atom is -0.255 e. The summed E-state index contributed by atoms with van der Waals surface area (Å²) in [5.74, 6) is -0.510. The quantitative estimate of drug-likeness (QED) is 0.223. The minimum atomic E-state index is -1.06. The molecule has 42 heavy (non-hydrogen) atoms. The zero-order valence-corrected chi connectivity index (χ0v) is 25.5. The van der Waals surface area contributed by atoms with E-state index in [0.29, 0.717) is 6.54 Å². The van der Waals surface area contributed by atoms with E-state index in [4.69, 9.17) is 0 Å². The van der Waals surface area contributed by atoms with Crippen LogP contribution in [-0.4, -0.2) is 34.7 Å². The Balaban J connectivity index is 1.18. The summed E-state index contributed by atoms with van der Waals surface area (Å²) in [5.41, 5.74) is 6.99. The van der Waals surface area contributed by atoms with Gasteiger partial charge in [0.1, 0.15) is 5.82 Å². The van der Waals surface area contributed by atoms with E-state index in [1.165, 1.54) is 12.1 Å². The Morgan fingerprint density at radius 2 is 1.71 bits per heavy atom. The third kappa shape index (κ3) is 5.53. The summed E-state index contributed by atoms with van der Waals surface area (Å²) in [6.07, 6.45) is 3.78. The zero-order valence-electron chi connectivity index (χ0n) is 23.0. The SMILES string of the molecule is CC1=C(CC(=O)NCc2ccc(-n3[se]c4ccccc4c3=O)cc2)c2cc(F)ccc2/C1=C\c1ccc(S(C)=O)cc1. The molecule has 6 rings (SSSR count). The third-order valence-electron chi connectivity index (χ3n) is 7.47. The molecule has 1 unspecified atom stereocenters. The van der Waals surface area contributed by atoms with Crippen LogP contribution in [0.1, 0.15) is 35.6 Å². The molecular weight excluding hydrogens is 614 g/mol. The maximum absolute atomic E-state index is 14.3. The number of hydrogen-bond donors (Lipinski definition) is 1. The van der Waals surface area contributed by atoms with Gasteiger partial charge in [-0.2, -0.15) is 0 Å². The fraction of sp³-hybridized carbons (Fsp3) is 0.118. The van der Waals surface area contributed by atoms with Crippen molar-refractivity contribution in [3.63, 3.8) is 0 Å². The fourth-order valence-electron chi connectivity index (χ4n) is 5.22. The van der Waals surface area contributed by atoms with Crippen LogP contribution in [0.3, 0.4) is 0 Å². The summed E-state index contributed by atoms with van der Waals surface area (Å²) in [4.78, 5) is 26.6. The molecule has 1 heterocycles. The number of benzene rings is 4. The van der Waals surface area contributed by atoms with Crippen molar-refractivity contribution in [2.45, 2.75) is 24.8 Å². The first-order valence-corrected chi connectivity index (χ1v) is 16.6. The van der Waals surface area contributed by atoms with Crippen molar-refractivity contribution in [3.05, 3.63) is 135 Å². The first-order chi connectivity index (χ1) is 20.3. The standard InChI is InChI=1S/C34H27FN2O3SSe/c1-21-29(17-22-9-14-26(15-10-22)41(2)40)27-16-11-24(35)18-31(27)30(21)19-33(38)36-20-23-7-12-25(13-8-23)37-34(39)28-5-3-4-6-32(28)42-37/h3-18H,19-20H2,1-2H3,(H,36,38)/b29-17-. The van der Waals surface area contributed by atoms with Crippen LogP contribution in [-0.2, 0) is 22.1 Å². The number of hydrogen-bond acceptors (Lipinski definition) is 3. The van der Waals surface area contributed by atoms with E-state index in [0.717, 1.165) is 59.2 Å². The van der Waals surface area contributed by atoms with Crippen LogP contribution in [0.2, 0.25) is 0 Å². The second-order valence-electron chi connectivity index (χ2n) is 10.2. The van der Waals surface area contributed by atoms with E-state index in [9.17, 15) is 18.2 Å². The zero-order chi connectivity index (χ0) is 29.4. The van der Waals surface area contributed by atoms with E-state index in [1.54, 1.807) is 12.3 Å². The van der Waals surface area contributed by atoms with E-state index in [2.05, 4.69) is 5.32 Å². The van der Waals surface area contributed by atoms with Crippen molar-refractivity contribution in [1.82, 2.24) is 8.88 Å². The van der Waals surface area contributed by atoms with Gasteiger partial charge in [0.05, 0.1) is 0 Å². The molecular formula is C34H27FN2O3SSe. The Hall–Kier alpha value is -4.10. The molecule has 1 aliphatic carbocycles. The molecule has 210 valence electrons. The third-order valence-corrected chi connectivity index (χ3v) is 10.7. The second kappa shape index (κ2) is 11.6. The topological polar surface area (TPSA) is 68.2 Å². The molecule has 4 aromatic carbocycles. The van der Waals surface area contributed by atoms with Crippen molar-refractivity contribution in [2.75, 3.05) is 6.26 Å². The summed E-state index contributed by atoms with van der Waals surface area (Å²) in [6.45, 7) is 2.30. The average molecular weight is 642 g/mol. The van der Waals surface area contributed by atoms with E-state index in [-0.39, 0.29) is 38.4 Å². The molecule has 0 radical (unpaired) electrons. The number of rotatable bonds is 7. The number of aromatic nitrogens is 1. The van der Waals surface area contributed by atoms with Crippen LogP contribution >= 0.6 is 0 Å². The Morgan fingerprint density at radius 3 is 2.43 bits per heavy atom. The number of nitrogens with one attached hydrogen (secondary N) is 1. The summed E-state index contributed by atoms with van der Waals surface area (Å²) in [5, 5.41) is 3.75. The predicted octanol–water partition coefficient (Wildman–Crippen LogP) is 5.96. The number of carbonyl (C=O) groups is 1. The first-order valence-electron chi connectivity index (χ1n) is 13.4. The Labute approximate surface area is 251 Å². The number of carbonyl (C=O) groups excluding carboxylic acids is 1. The van der Waals surface area contributed by atoms with Gasteiger partial charge in [-0.15, -0.1) is 0 Å². The van der Waals surface area contributed by atoms with Gasteiger partial charge in [0.25, 0.3) is 0 Å². The molecule has 0 bridgehead atoms. The molecule has 8 heteroatoms. The molecule has 1 aliphatic rings. The van der Waals surface area contributed by atoms with Crippen molar-refractivity contribution in [3.8, 4) is 5.69 Å². The summed E-state index contributed by atoms with van der Waals surface area (Å²) in [7, 11) is -1.06. The molecule has 0 saturated carbocycles. The Bertz CT molecular complexity index is 1990. The molecule has 5 nitrogen and oxygen atoms in total. The number of nitrogens with zero attached hydrogens (tertiary/aromatic N) is 1. The molecule has 0 saturated heterocycles. The Morgan fingerprint density at radius 1 is 0.976 bits per heavy atom. The van der Waals surface area contributed by atoms with Crippen LogP contribution in [0.5, 0.6) is 0 Å². The molecule has 5 aromatic rings.